The number of carbonyl (C=O) groups is 1. The predicted molar refractivity (Wildman–Crippen MR) is 117 cm³/mol. The van der Waals surface area contributed by atoms with Gasteiger partial charge in [-0.05, 0) is 40.2 Å². The van der Waals surface area contributed by atoms with Gasteiger partial charge in [-0.3, -0.25) is 9.59 Å². The highest BCUT2D eigenvalue weighted by molar-refractivity contribution is 5.96. The average Bonchev–Trinajstić information content (AvgIpc) is 2.59. The van der Waals surface area contributed by atoms with Crippen LogP contribution in [0.2, 0.25) is 0 Å². The smallest absolute Gasteiger partial charge is 0.254 e. The molecule has 3 aromatic rings. The number of phenolic OH excluding ortho intramolecular Hbond substituents is 1. The molecule has 0 aliphatic carbocycles. The minimum Gasteiger partial charge on any atom is -0.508 e. The Morgan fingerprint density at radius 1 is 0.966 bits per heavy atom. The number of hydrogen-bond acceptors (Lipinski definition) is 3. The summed E-state index contributed by atoms with van der Waals surface area (Å²) in [6.07, 6.45) is 1.48. The van der Waals surface area contributed by atoms with E-state index < -0.39 is 11.3 Å². The van der Waals surface area contributed by atoms with Crippen LogP contribution in [-0.2, 0) is 10.8 Å². The van der Waals surface area contributed by atoms with Crippen molar-refractivity contribution in [3.05, 3.63) is 69.5 Å². The Morgan fingerprint density at radius 2 is 1.55 bits per heavy atom. The fourth-order valence-corrected chi connectivity index (χ4v) is 3.63. The van der Waals surface area contributed by atoms with E-state index in [4.69, 9.17) is 5.73 Å². The lowest BCUT2D eigenvalue weighted by molar-refractivity contribution is 0.0999. The molecule has 0 aliphatic heterocycles. The molecule has 0 bridgehead atoms. The van der Waals surface area contributed by atoms with E-state index in [1.807, 2.05) is 39.0 Å². The number of primary amides is 1. The Kier molecular flexibility index (Phi) is 4.81. The molecule has 152 valence electrons. The van der Waals surface area contributed by atoms with Crippen molar-refractivity contribution in [2.24, 2.45) is 5.73 Å². The summed E-state index contributed by atoms with van der Waals surface area (Å²) in [5.41, 5.74) is 7.71. The molecule has 0 saturated carbocycles. The molecule has 0 fully saturated rings. The van der Waals surface area contributed by atoms with Crippen molar-refractivity contribution in [1.29, 1.82) is 0 Å². The number of rotatable bonds is 2. The monoisotopic (exact) mass is 392 g/mol. The second-order valence-electron chi connectivity index (χ2n) is 9.51. The van der Waals surface area contributed by atoms with Crippen molar-refractivity contribution in [2.45, 2.75) is 52.4 Å². The molecule has 1 aromatic heterocycles. The molecule has 0 spiro atoms. The molecule has 3 N–H and O–H groups in total. The van der Waals surface area contributed by atoms with Gasteiger partial charge in [-0.15, -0.1) is 0 Å². The molecule has 1 heterocycles. The third-order valence-electron chi connectivity index (χ3n) is 5.17. The fraction of sp³-hybridized carbons (Fsp3) is 0.333. The summed E-state index contributed by atoms with van der Waals surface area (Å²) in [6, 6.07) is 10.8. The van der Waals surface area contributed by atoms with Crippen LogP contribution in [0.25, 0.3) is 16.6 Å². The van der Waals surface area contributed by atoms with E-state index in [2.05, 4.69) is 20.8 Å². The summed E-state index contributed by atoms with van der Waals surface area (Å²) in [6.45, 7) is 12.4. The van der Waals surface area contributed by atoms with E-state index in [1.54, 1.807) is 22.8 Å². The van der Waals surface area contributed by atoms with E-state index in [0.717, 1.165) is 11.1 Å². The van der Waals surface area contributed by atoms with Gasteiger partial charge in [0.2, 0.25) is 5.43 Å². The summed E-state index contributed by atoms with van der Waals surface area (Å²) in [4.78, 5) is 24.7. The van der Waals surface area contributed by atoms with Crippen LogP contribution in [0.3, 0.4) is 0 Å². The van der Waals surface area contributed by atoms with E-state index in [9.17, 15) is 14.7 Å². The molecule has 0 unspecified atom stereocenters. The number of aromatic hydroxyl groups is 1. The zero-order valence-electron chi connectivity index (χ0n) is 17.8. The number of pyridine rings is 1. The molecular weight excluding hydrogens is 364 g/mol. The molecule has 29 heavy (non-hydrogen) atoms. The zero-order valence-corrected chi connectivity index (χ0v) is 17.8. The summed E-state index contributed by atoms with van der Waals surface area (Å²) in [5.74, 6) is -0.605. The van der Waals surface area contributed by atoms with E-state index in [1.165, 1.54) is 6.20 Å². The summed E-state index contributed by atoms with van der Waals surface area (Å²) >= 11 is 0. The molecule has 3 rings (SSSR count). The maximum absolute atomic E-state index is 12.7. The Balaban J connectivity index is 2.50. The lowest BCUT2D eigenvalue weighted by Gasteiger charge is -2.29. The molecular formula is C24H28N2O3. The largest absolute Gasteiger partial charge is 0.508 e. The number of benzene rings is 2. The molecule has 5 heteroatoms. The van der Waals surface area contributed by atoms with Crippen molar-refractivity contribution in [2.75, 3.05) is 0 Å². The molecule has 1 amide bonds. The predicted octanol–water partition coefficient (Wildman–Crippen LogP) is 4.39. The quantitative estimate of drug-likeness (QED) is 0.678. The van der Waals surface area contributed by atoms with Gasteiger partial charge in [0, 0.05) is 17.6 Å². The third-order valence-corrected chi connectivity index (χ3v) is 5.17. The van der Waals surface area contributed by atoms with Crippen molar-refractivity contribution in [3.8, 4) is 11.4 Å². The molecule has 0 saturated heterocycles. The summed E-state index contributed by atoms with van der Waals surface area (Å²) in [5, 5.41) is 11.2. The number of amides is 1. The highest BCUT2D eigenvalue weighted by Gasteiger charge is 2.27. The van der Waals surface area contributed by atoms with Crippen LogP contribution >= 0.6 is 0 Å². The number of aromatic nitrogens is 1. The highest BCUT2D eigenvalue weighted by atomic mass is 16.3. The second-order valence-corrected chi connectivity index (χ2v) is 9.51. The topological polar surface area (TPSA) is 85.3 Å². The van der Waals surface area contributed by atoms with Crippen molar-refractivity contribution < 1.29 is 9.90 Å². The van der Waals surface area contributed by atoms with Gasteiger partial charge in [0.05, 0.1) is 11.2 Å². The van der Waals surface area contributed by atoms with E-state index in [-0.39, 0.29) is 22.1 Å². The first kappa shape index (κ1) is 20.6. The van der Waals surface area contributed by atoms with E-state index in [0.29, 0.717) is 16.6 Å². The molecule has 5 nitrogen and oxygen atoms in total. The van der Waals surface area contributed by atoms with Crippen LogP contribution < -0.4 is 11.2 Å². The molecule has 2 aromatic carbocycles. The summed E-state index contributed by atoms with van der Waals surface area (Å²) in [7, 11) is 0. The van der Waals surface area contributed by atoms with Crippen LogP contribution in [0.5, 0.6) is 5.75 Å². The van der Waals surface area contributed by atoms with Gasteiger partial charge >= 0.3 is 0 Å². The molecule has 0 atom stereocenters. The van der Waals surface area contributed by atoms with Gasteiger partial charge in [-0.2, -0.15) is 0 Å². The average molecular weight is 392 g/mol. The Bertz CT molecular complexity index is 1180. The van der Waals surface area contributed by atoms with Gasteiger partial charge in [-0.25, -0.2) is 0 Å². The van der Waals surface area contributed by atoms with Gasteiger partial charge < -0.3 is 15.4 Å². The SMILES string of the molecule is CC(C)(C)c1cc(C(C)(C)C)c(-n2cc(C(N)=O)c(=O)c3ccccc32)cc1O. The van der Waals surface area contributed by atoms with Crippen molar-refractivity contribution in [1.82, 2.24) is 4.57 Å². The Hall–Kier alpha value is -3.08. The van der Waals surface area contributed by atoms with Crippen molar-refractivity contribution >= 4 is 16.8 Å². The maximum Gasteiger partial charge on any atom is 0.254 e. The number of nitrogens with two attached hydrogens (primary N) is 1. The number of phenols is 1. The van der Waals surface area contributed by atoms with Gasteiger partial charge in [0.15, 0.2) is 0 Å². The lowest BCUT2D eigenvalue weighted by Crippen LogP contribution is -2.25. The zero-order chi connectivity index (χ0) is 21.7. The first-order valence-electron chi connectivity index (χ1n) is 9.65. The maximum atomic E-state index is 12.7. The van der Waals surface area contributed by atoms with Crippen LogP contribution in [0.4, 0.5) is 0 Å². The number of fused-ring (bicyclic) bond motifs is 1. The minimum atomic E-state index is -0.776. The lowest BCUT2D eigenvalue weighted by atomic mass is 9.79. The minimum absolute atomic E-state index is 0.0806. The third kappa shape index (κ3) is 3.65. The number of hydrogen-bond donors (Lipinski definition) is 2. The number of carbonyl (C=O) groups excluding carboxylic acids is 1. The van der Waals surface area contributed by atoms with Gasteiger partial charge in [-0.1, -0.05) is 53.7 Å². The molecule has 0 aliphatic rings. The fourth-order valence-electron chi connectivity index (χ4n) is 3.63. The van der Waals surface area contributed by atoms with Gasteiger partial charge in [0.25, 0.3) is 5.91 Å². The first-order chi connectivity index (χ1) is 13.3. The standard InChI is InChI=1S/C24H28N2O3/c1-23(2,3)16-11-17(24(4,5)6)20(27)12-19(16)26-13-15(22(25)29)21(28)14-9-7-8-10-18(14)26/h7-13,27H,1-6H3,(H2,25,29). The van der Waals surface area contributed by atoms with Gasteiger partial charge in [0.1, 0.15) is 11.3 Å². The van der Waals surface area contributed by atoms with Crippen LogP contribution in [0, 0.1) is 0 Å². The Morgan fingerprint density at radius 3 is 2.10 bits per heavy atom. The Labute approximate surface area is 170 Å². The van der Waals surface area contributed by atoms with Crippen molar-refractivity contribution in [3.63, 3.8) is 0 Å². The normalized spacial score (nSPS) is 12.3. The van der Waals surface area contributed by atoms with Crippen LogP contribution in [-0.4, -0.2) is 15.6 Å². The second kappa shape index (κ2) is 6.76. The summed E-state index contributed by atoms with van der Waals surface area (Å²) < 4.78 is 1.78. The number of nitrogens with zero attached hydrogens (tertiary/aromatic N) is 1. The highest BCUT2D eigenvalue weighted by Crippen LogP contribution is 2.39. The first-order valence-corrected chi connectivity index (χ1v) is 9.65. The van der Waals surface area contributed by atoms with Crippen LogP contribution in [0.1, 0.15) is 63.0 Å². The van der Waals surface area contributed by atoms with E-state index >= 15 is 0 Å². The number of para-hydroxylation sites is 1. The molecule has 0 radical (unpaired) electrons. The van der Waals surface area contributed by atoms with Crippen LogP contribution in [0.15, 0.2) is 47.4 Å².